The Hall–Kier alpha value is -0.220. The number of carbonyl (C=O) groups is 1. The number of aliphatic hydroxyl groups excluding tert-OH is 1. The average molecular weight is 321 g/mol. The number of carbonyl (C=O) groups excluding carboxylic acids is 1. The normalized spacial score (nSPS) is 10.7. The molecule has 0 aliphatic rings. The van der Waals surface area contributed by atoms with Gasteiger partial charge in [-0.1, -0.05) is 36.0 Å². The fourth-order valence-corrected chi connectivity index (χ4v) is 3.04. The zero-order valence-corrected chi connectivity index (χ0v) is 13.0. The molecule has 1 aromatic carbocycles. The van der Waals surface area contributed by atoms with Crippen LogP contribution >= 0.6 is 35.0 Å². The van der Waals surface area contributed by atoms with Crippen LogP contribution in [0.15, 0.2) is 18.2 Å². The first kappa shape index (κ1) is 16.8. The van der Waals surface area contributed by atoms with Crippen LogP contribution in [0.25, 0.3) is 0 Å². The molecular formula is C14H18Cl2O2S. The van der Waals surface area contributed by atoms with E-state index in [0.717, 1.165) is 31.4 Å². The number of unbranched alkanes of at least 4 members (excludes halogenated alkanes) is 3. The molecule has 0 aliphatic heterocycles. The first-order valence-corrected chi connectivity index (χ1v) is 8.23. The highest BCUT2D eigenvalue weighted by atomic mass is 35.5. The number of hydrogen-bond acceptors (Lipinski definition) is 3. The second kappa shape index (κ2) is 9.65. The summed E-state index contributed by atoms with van der Waals surface area (Å²) in [6, 6.07) is 4.95. The van der Waals surface area contributed by atoms with Crippen LogP contribution in [0.1, 0.15) is 36.0 Å². The highest BCUT2D eigenvalue weighted by Gasteiger charge is 2.10. The van der Waals surface area contributed by atoms with E-state index in [1.54, 1.807) is 30.0 Å². The van der Waals surface area contributed by atoms with E-state index in [0.29, 0.717) is 21.4 Å². The third-order valence-corrected chi connectivity index (χ3v) is 4.25. The molecule has 0 heterocycles. The molecule has 5 heteroatoms. The highest BCUT2D eigenvalue weighted by molar-refractivity contribution is 7.99. The van der Waals surface area contributed by atoms with E-state index in [2.05, 4.69) is 0 Å². The zero-order chi connectivity index (χ0) is 14.1. The van der Waals surface area contributed by atoms with Crippen molar-refractivity contribution in [1.82, 2.24) is 0 Å². The van der Waals surface area contributed by atoms with Gasteiger partial charge in [-0.2, -0.15) is 11.8 Å². The second-order valence-corrected chi connectivity index (χ2v) is 6.19. The van der Waals surface area contributed by atoms with Crippen LogP contribution in [0.5, 0.6) is 0 Å². The number of Topliss-reactive ketones (excluding diaryl/α,β-unsaturated/α-hetero) is 1. The van der Waals surface area contributed by atoms with Crippen molar-refractivity contribution in [2.75, 3.05) is 18.1 Å². The van der Waals surface area contributed by atoms with Crippen LogP contribution in [-0.2, 0) is 0 Å². The summed E-state index contributed by atoms with van der Waals surface area (Å²) in [5, 5.41) is 9.60. The summed E-state index contributed by atoms with van der Waals surface area (Å²) in [6.07, 6.45) is 4.09. The van der Waals surface area contributed by atoms with Crippen molar-refractivity contribution in [1.29, 1.82) is 0 Å². The SMILES string of the molecule is O=C(CSCCCCCCO)c1ccc(Cl)cc1Cl. The summed E-state index contributed by atoms with van der Waals surface area (Å²) in [5.41, 5.74) is 0.541. The van der Waals surface area contributed by atoms with Gasteiger partial charge in [-0.25, -0.2) is 0 Å². The maximum absolute atomic E-state index is 11.9. The first-order valence-electron chi connectivity index (χ1n) is 6.32. The molecule has 0 radical (unpaired) electrons. The quantitative estimate of drug-likeness (QED) is 0.539. The van der Waals surface area contributed by atoms with Crippen LogP contribution < -0.4 is 0 Å². The summed E-state index contributed by atoms with van der Waals surface area (Å²) < 4.78 is 0. The monoisotopic (exact) mass is 320 g/mol. The van der Waals surface area contributed by atoms with Crippen LogP contribution in [0.2, 0.25) is 10.0 Å². The molecule has 0 unspecified atom stereocenters. The Bertz CT molecular complexity index is 410. The van der Waals surface area contributed by atoms with Crippen molar-refractivity contribution < 1.29 is 9.90 Å². The molecule has 0 fully saturated rings. The van der Waals surface area contributed by atoms with Crippen LogP contribution in [0, 0.1) is 0 Å². The molecule has 19 heavy (non-hydrogen) atoms. The van der Waals surface area contributed by atoms with Gasteiger partial charge in [0.2, 0.25) is 0 Å². The number of aliphatic hydroxyl groups is 1. The van der Waals surface area contributed by atoms with Gasteiger partial charge in [0.05, 0.1) is 10.8 Å². The molecule has 0 saturated heterocycles. The number of thioether (sulfide) groups is 1. The van der Waals surface area contributed by atoms with Gasteiger partial charge in [0.1, 0.15) is 0 Å². The molecule has 2 nitrogen and oxygen atoms in total. The summed E-state index contributed by atoms with van der Waals surface area (Å²) in [7, 11) is 0. The lowest BCUT2D eigenvalue weighted by molar-refractivity contribution is 0.102. The lowest BCUT2D eigenvalue weighted by Crippen LogP contribution is -2.03. The molecule has 106 valence electrons. The molecule has 0 aromatic heterocycles. The predicted molar refractivity (Wildman–Crippen MR) is 83.7 cm³/mol. The van der Waals surface area contributed by atoms with Crippen LogP contribution in [-0.4, -0.2) is 29.0 Å². The lowest BCUT2D eigenvalue weighted by atomic mass is 10.1. The van der Waals surface area contributed by atoms with Gasteiger partial charge in [0.25, 0.3) is 0 Å². The van der Waals surface area contributed by atoms with E-state index in [1.807, 2.05) is 0 Å². The number of hydrogen-bond donors (Lipinski definition) is 1. The highest BCUT2D eigenvalue weighted by Crippen LogP contribution is 2.22. The molecule has 0 aliphatic carbocycles. The molecule has 1 aromatic rings. The van der Waals surface area contributed by atoms with E-state index in [1.165, 1.54) is 0 Å². The Morgan fingerprint density at radius 2 is 1.89 bits per heavy atom. The van der Waals surface area contributed by atoms with Gasteiger partial charge in [-0.3, -0.25) is 4.79 Å². The van der Waals surface area contributed by atoms with Gasteiger partial charge >= 0.3 is 0 Å². The lowest BCUT2D eigenvalue weighted by Gasteiger charge is -2.04. The summed E-state index contributed by atoms with van der Waals surface area (Å²) in [4.78, 5) is 11.9. The van der Waals surface area contributed by atoms with Gasteiger partial charge in [-0.15, -0.1) is 0 Å². The summed E-state index contributed by atoms with van der Waals surface area (Å²) in [5.74, 6) is 1.45. The smallest absolute Gasteiger partial charge is 0.174 e. The van der Waals surface area contributed by atoms with Crippen molar-refractivity contribution in [3.63, 3.8) is 0 Å². The maximum Gasteiger partial charge on any atom is 0.174 e. The Balaban J connectivity index is 2.24. The Kier molecular flexibility index (Phi) is 8.55. The largest absolute Gasteiger partial charge is 0.396 e. The number of halogens is 2. The van der Waals surface area contributed by atoms with Crippen LogP contribution in [0.4, 0.5) is 0 Å². The summed E-state index contributed by atoms with van der Waals surface area (Å²) in [6.45, 7) is 0.265. The van der Waals surface area contributed by atoms with Gasteiger partial charge in [-0.05, 0) is 36.8 Å². The van der Waals surface area contributed by atoms with Crippen molar-refractivity contribution in [3.05, 3.63) is 33.8 Å². The number of ketones is 1. The third-order valence-electron chi connectivity index (χ3n) is 2.66. The van der Waals surface area contributed by atoms with E-state index >= 15 is 0 Å². The number of rotatable bonds is 9. The van der Waals surface area contributed by atoms with Gasteiger partial charge in [0.15, 0.2) is 5.78 Å². The fraction of sp³-hybridized carbons (Fsp3) is 0.500. The Morgan fingerprint density at radius 1 is 1.16 bits per heavy atom. The van der Waals surface area contributed by atoms with Gasteiger partial charge in [0, 0.05) is 17.2 Å². The minimum atomic E-state index is 0.0435. The first-order chi connectivity index (χ1) is 9.15. The van der Waals surface area contributed by atoms with Crippen molar-refractivity contribution in [3.8, 4) is 0 Å². The average Bonchev–Trinajstić information content (AvgIpc) is 2.37. The molecule has 0 atom stereocenters. The topological polar surface area (TPSA) is 37.3 Å². The molecule has 0 bridgehead atoms. The standard InChI is InChI=1S/C14H18Cl2O2S/c15-11-5-6-12(13(16)9-11)14(18)10-19-8-4-2-1-3-7-17/h5-6,9,17H,1-4,7-8,10H2. The molecule has 0 spiro atoms. The van der Waals surface area contributed by atoms with Crippen molar-refractivity contribution >= 4 is 40.7 Å². The Morgan fingerprint density at radius 3 is 2.58 bits per heavy atom. The second-order valence-electron chi connectivity index (χ2n) is 4.24. The maximum atomic E-state index is 11.9. The number of benzene rings is 1. The van der Waals surface area contributed by atoms with E-state index in [4.69, 9.17) is 28.3 Å². The van der Waals surface area contributed by atoms with Crippen LogP contribution in [0.3, 0.4) is 0 Å². The fourth-order valence-electron chi connectivity index (χ4n) is 1.63. The van der Waals surface area contributed by atoms with Crippen molar-refractivity contribution in [2.24, 2.45) is 0 Å². The van der Waals surface area contributed by atoms with E-state index < -0.39 is 0 Å². The van der Waals surface area contributed by atoms with E-state index in [9.17, 15) is 4.79 Å². The van der Waals surface area contributed by atoms with Gasteiger partial charge < -0.3 is 5.11 Å². The molecule has 0 saturated carbocycles. The zero-order valence-electron chi connectivity index (χ0n) is 10.7. The third kappa shape index (κ3) is 6.66. The molecule has 0 amide bonds. The molecule has 1 rings (SSSR count). The summed E-state index contributed by atoms with van der Waals surface area (Å²) >= 11 is 13.4. The van der Waals surface area contributed by atoms with E-state index in [-0.39, 0.29) is 12.4 Å². The minimum absolute atomic E-state index is 0.0435. The predicted octanol–water partition coefficient (Wildman–Crippen LogP) is 4.46. The molecular weight excluding hydrogens is 303 g/mol. The minimum Gasteiger partial charge on any atom is -0.396 e. The van der Waals surface area contributed by atoms with Crippen molar-refractivity contribution in [2.45, 2.75) is 25.7 Å². The molecule has 1 N–H and O–H groups in total. The Labute approximate surface area is 128 Å².